The van der Waals surface area contributed by atoms with Gasteiger partial charge in [-0.3, -0.25) is 4.79 Å². The van der Waals surface area contributed by atoms with Crippen molar-refractivity contribution in [3.05, 3.63) is 36.7 Å². The summed E-state index contributed by atoms with van der Waals surface area (Å²) in [6.45, 7) is 2.07. The number of hydrogen-bond donors (Lipinski definition) is 2. The average molecular weight is 379 g/mol. The molecule has 2 fully saturated rings. The number of nitrogens with one attached hydrogen (secondary N) is 2. The number of rotatable bonds is 4. The number of aryl methyl sites for hydroxylation is 1. The molecule has 1 saturated carbocycles. The minimum atomic E-state index is 0. The molecule has 0 radical (unpaired) electrons. The third-order valence-corrected chi connectivity index (χ3v) is 6.38. The van der Waals surface area contributed by atoms with Crippen LogP contribution in [0.15, 0.2) is 46.7 Å². The van der Waals surface area contributed by atoms with Crippen molar-refractivity contribution in [2.45, 2.75) is 29.3 Å². The summed E-state index contributed by atoms with van der Waals surface area (Å²) in [5.41, 5.74) is 1.14. The van der Waals surface area contributed by atoms with Crippen LogP contribution in [0, 0.1) is 11.3 Å². The lowest BCUT2D eigenvalue weighted by molar-refractivity contribution is -0.118. The van der Waals surface area contributed by atoms with E-state index < -0.39 is 0 Å². The first-order chi connectivity index (χ1) is 11.7. The van der Waals surface area contributed by atoms with Gasteiger partial charge in [-0.05, 0) is 61.7 Å². The van der Waals surface area contributed by atoms with E-state index in [1.165, 1.54) is 0 Å². The van der Waals surface area contributed by atoms with Gasteiger partial charge in [0.25, 0.3) is 0 Å². The number of para-hydroxylation sites is 1. The van der Waals surface area contributed by atoms with Crippen LogP contribution in [0.3, 0.4) is 0 Å². The zero-order chi connectivity index (χ0) is 16.6. The van der Waals surface area contributed by atoms with Crippen molar-refractivity contribution in [1.82, 2.24) is 14.9 Å². The molecule has 5 nitrogen and oxygen atoms in total. The van der Waals surface area contributed by atoms with Gasteiger partial charge in [-0.2, -0.15) is 0 Å². The fourth-order valence-electron chi connectivity index (χ4n) is 3.62. The average Bonchev–Trinajstić information content (AvgIpc) is 3.13. The molecule has 1 saturated heterocycles. The molecule has 1 aromatic carbocycles. The molecule has 2 N–H and O–H groups in total. The highest BCUT2D eigenvalue weighted by Gasteiger charge is 2.57. The van der Waals surface area contributed by atoms with Crippen LogP contribution in [-0.4, -0.2) is 28.5 Å². The van der Waals surface area contributed by atoms with E-state index in [1.807, 2.05) is 42.1 Å². The van der Waals surface area contributed by atoms with Crippen molar-refractivity contribution in [1.29, 1.82) is 0 Å². The Kier molecular flexibility index (Phi) is 5.41. The van der Waals surface area contributed by atoms with Crippen LogP contribution in [0.5, 0.6) is 0 Å². The lowest BCUT2D eigenvalue weighted by Crippen LogP contribution is -2.31. The third kappa shape index (κ3) is 3.71. The number of benzene rings is 1. The van der Waals surface area contributed by atoms with Gasteiger partial charge in [0, 0.05) is 30.3 Å². The molecule has 7 heteroatoms. The number of anilines is 1. The Labute approximate surface area is 158 Å². The minimum Gasteiger partial charge on any atom is -0.329 e. The molecule has 1 spiro atoms. The van der Waals surface area contributed by atoms with Crippen LogP contribution in [-0.2, 0) is 11.8 Å². The predicted molar refractivity (Wildman–Crippen MR) is 102 cm³/mol. The molecule has 1 aromatic heterocycles. The molecule has 1 atom stereocenters. The molecular formula is C18H23ClN4OS. The van der Waals surface area contributed by atoms with Crippen molar-refractivity contribution < 1.29 is 4.79 Å². The monoisotopic (exact) mass is 378 g/mol. The molecule has 2 heterocycles. The first kappa shape index (κ1) is 18.3. The number of halogens is 1. The topological polar surface area (TPSA) is 59.0 Å². The van der Waals surface area contributed by atoms with E-state index in [-0.39, 0.29) is 29.6 Å². The summed E-state index contributed by atoms with van der Waals surface area (Å²) in [6, 6.07) is 7.96. The van der Waals surface area contributed by atoms with Gasteiger partial charge in [-0.25, -0.2) is 4.98 Å². The molecular weight excluding hydrogens is 356 g/mol. The van der Waals surface area contributed by atoms with Gasteiger partial charge in [0.15, 0.2) is 5.16 Å². The summed E-state index contributed by atoms with van der Waals surface area (Å²) in [4.78, 5) is 18.1. The van der Waals surface area contributed by atoms with E-state index in [4.69, 9.17) is 0 Å². The number of nitrogens with zero attached hydrogens (tertiary/aromatic N) is 2. The van der Waals surface area contributed by atoms with Crippen LogP contribution in [0.25, 0.3) is 0 Å². The number of aromatic nitrogens is 2. The van der Waals surface area contributed by atoms with Crippen LogP contribution in [0.1, 0.15) is 19.3 Å². The number of amides is 1. The van der Waals surface area contributed by atoms with Crippen molar-refractivity contribution >= 4 is 35.8 Å². The van der Waals surface area contributed by atoms with Crippen LogP contribution in [0.4, 0.5) is 5.69 Å². The first-order valence-corrected chi connectivity index (χ1v) is 9.25. The maximum absolute atomic E-state index is 12.7. The molecule has 4 rings (SSSR count). The molecule has 2 aromatic rings. The third-order valence-electron chi connectivity index (χ3n) is 5.23. The molecule has 1 unspecified atom stereocenters. The fraction of sp³-hybridized carbons (Fsp3) is 0.444. The Morgan fingerprint density at radius 1 is 1.36 bits per heavy atom. The molecule has 2 aliphatic rings. The SMILES string of the molecule is Cl.Cn1ccnc1Sc1ccccc1NC(=O)C1CC12CCNCC2. The lowest BCUT2D eigenvalue weighted by Gasteiger charge is -2.23. The second kappa shape index (κ2) is 7.40. The van der Waals surface area contributed by atoms with Gasteiger partial charge in [-0.1, -0.05) is 12.1 Å². The first-order valence-electron chi connectivity index (χ1n) is 8.44. The lowest BCUT2D eigenvalue weighted by atomic mass is 9.92. The molecule has 134 valence electrons. The quantitative estimate of drug-likeness (QED) is 0.856. The highest BCUT2D eigenvalue weighted by atomic mass is 35.5. The Morgan fingerprint density at radius 3 is 2.84 bits per heavy atom. The van der Waals surface area contributed by atoms with Gasteiger partial charge in [-0.15, -0.1) is 12.4 Å². The normalized spacial score (nSPS) is 20.8. The van der Waals surface area contributed by atoms with Crippen molar-refractivity contribution in [2.75, 3.05) is 18.4 Å². The summed E-state index contributed by atoms with van der Waals surface area (Å²) in [7, 11) is 1.97. The van der Waals surface area contributed by atoms with E-state index >= 15 is 0 Å². The highest BCUT2D eigenvalue weighted by molar-refractivity contribution is 7.99. The Bertz CT molecular complexity index is 757. The summed E-state index contributed by atoms with van der Waals surface area (Å²) in [6.07, 6.45) is 6.99. The largest absolute Gasteiger partial charge is 0.329 e. The van der Waals surface area contributed by atoms with Crippen molar-refractivity contribution in [2.24, 2.45) is 18.4 Å². The molecule has 1 aliphatic carbocycles. The number of imidazole rings is 1. The van der Waals surface area contributed by atoms with Gasteiger partial charge >= 0.3 is 0 Å². The van der Waals surface area contributed by atoms with E-state index in [0.29, 0.717) is 0 Å². The predicted octanol–water partition coefficient (Wildman–Crippen LogP) is 3.32. The Hall–Kier alpha value is -1.50. The van der Waals surface area contributed by atoms with Crippen LogP contribution in [0.2, 0.25) is 0 Å². The standard InChI is InChI=1S/C18H22N4OS.ClH/c1-22-11-10-20-17(22)24-15-5-3-2-4-14(15)21-16(23)13-12-18(13)6-8-19-9-7-18;/h2-5,10-11,13,19H,6-9,12H2,1H3,(H,21,23);1H. The smallest absolute Gasteiger partial charge is 0.228 e. The maximum atomic E-state index is 12.7. The van der Waals surface area contributed by atoms with Gasteiger partial charge in [0.1, 0.15) is 0 Å². The second-order valence-corrected chi connectivity index (χ2v) is 7.79. The molecule has 0 bridgehead atoms. The fourth-order valence-corrected chi connectivity index (χ4v) is 4.51. The zero-order valence-corrected chi connectivity index (χ0v) is 15.8. The van der Waals surface area contributed by atoms with Gasteiger partial charge < -0.3 is 15.2 Å². The summed E-state index contributed by atoms with van der Waals surface area (Å²) in [5.74, 6) is 0.343. The zero-order valence-electron chi connectivity index (χ0n) is 14.2. The van der Waals surface area contributed by atoms with E-state index in [9.17, 15) is 4.79 Å². The number of hydrogen-bond acceptors (Lipinski definition) is 4. The van der Waals surface area contributed by atoms with E-state index in [1.54, 1.807) is 18.0 Å². The highest BCUT2D eigenvalue weighted by Crippen LogP contribution is 2.58. The number of piperidine rings is 1. The minimum absolute atomic E-state index is 0. The summed E-state index contributed by atoms with van der Waals surface area (Å²) >= 11 is 1.58. The maximum Gasteiger partial charge on any atom is 0.228 e. The van der Waals surface area contributed by atoms with E-state index in [2.05, 4.69) is 15.6 Å². The van der Waals surface area contributed by atoms with Crippen LogP contribution < -0.4 is 10.6 Å². The molecule has 25 heavy (non-hydrogen) atoms. The molecule has 1 amide bonds. The van der Waals surface area contributed by atoms with Crippen molar-refractivity contribution in [3.63, 3.8) is 0 Å². The van der Waals surface area contributed by atoms with E-state index in [0.717, 1.165) is 48.1 Å². The summed E-state index contributed by atoms with van der Waals surface area (Å²) < 4.78 is 1.98. The molecule has 1 aliphatic heterocycles. The van der Waals surface area contributed by atoms with Gasteiger partial charge in [0.05, 0.1) is 5.69 Å². The number of carbonyl (C=O) groups is 1. The van der Waals surface area contributed by atoms with Crippen LogP contribution >= 0.6 is 24.2 Å². The Balaban J connectivity index is 0.00000182. The second-order valence-electron chi connectivity index (χ2n) is 6.78. The van der Waals surface area contributed by atoms with Crippen molar-refractivity contribution in [3.8, 4) is 0 Å². The van der Waals surface area contributed by atoms with Gasteiger partial charge in [0.2, 0.25) is 5.91 Å². The number of carbonyl (C=O) groups excluding carboxylic acids is 1. The Morgan fingerprint density at radius 2 is 2.12 bits per heavy atom. The summed E-state index contributed by atoms with van der Waals surface area (Å²) in [5, 5.41) is 7.46.